The van der Waals surface area contributed by atoms with Crippen molar-refractivity contribution in [1.29, 1.82) is 0 Å². The van der Waals surface area contributed by atoms with Crippen LogP contribution in [0.25, 0.3) is 11.5 Å². The summed E-state index contributed by atoms with van der Waals surface area (Å²) in [5.41, 5.74) is 2.66. The van der Waals surface area contributed by atoms with Crippen molar-refractivity contribution < 1.29 is 18.8 Å². The Morgan fingerprint density at radius 3 is 2.59 bits per heavy atom. The van der Waals surface area contributed by atoms with Gasteiger partial charge in [-0.2, -0.15) is 0 Å². The normalized spacial score (nSPS) is 19.4. The summed E-state index contributed by atoms with van der Waals surface area (Å²) in [5.74, 6) is 1.17. The molecule has 2 aliphatic heterocycles. The highest BCUT2D eigenvalue weighted by molar-refractivity contribution is 5.94. The second-order valence-corrected chi connectivity index (χ2v) is 8.69. The molecule has 2 aliphatic rings. The second kappa shape index (κ2) is 9.14. The van der Waals surface area contributed by atoms with Crippen LogP contribution in [0.2, 0.25) is 0 Å². The van der Waals surface area contributed by atoms with Crippen molar-refractivity contribution in [2.45, 2.75) is 52.6 Å². The monoisotopic (exact) mass is 438 g/mol. The van der Waals surface area contributed by atoms with Crippen molar-refractivity contribution >= 4 is 17.7 Å². The maximum absolute atomic E-state index is 12.9. The molecule has 32 heavy (non-hydrogen) atoms. The summed E-state index contributed by atoms with van der Waals surface area (Å²) in [6, 6.07) is 7.33. The lowest BCUT2D eigenvalue weighted by molar-refractivity contribution is -0.155. The molecule has 0 aliphatic carbocycles. The van der Waals surface area contributed by atoms with Gasteiger partial charge < -0.3 is 19.1 Å². The highest BCUT2D eigenvalue weighted by atomic mass is 16.4. The summed E-state index contributed by atoms with van der Waals surface area (Å²) in [6.07, 6.45) is 2.19. The Morgan fingerprint density at radius 1 is 1.09 bits per heavy atom. The summed E-state index contributed by atoms with van der Waals surface area (Å²) < 4.78 is 5.85. The summed E-state index contributed by atoms with van der Waals surface area (Å²) in [4.78, 5) is 47.2. The molecule has 2 saturated heterocycles. The molecule has 1 atom stereocenters. The molecule has 8 heteroatoms. The third-order valence-corrected chi connectivity index (χ3v) is 6.29. The molecule has 8 nitrogen and oxygen atoms in total. The molecule has 0 saturated carbocycles. The van der Waals surface area contributed by atoms with Gasteiger partial charge in [0.15, 0.2) is 0 Å². The average molecular weight is 439 g/mol. The van der Waals surface area contributed by atoms with Crippen LogP contribution in [0.5, 0.6) is 0 Å². The first kappa shape index (κ1) is 22.0. The molecule has 3 amide bonds. The Hall–Kier alpha value is -3.16. The van der Waals surface area contributed by atoms with Gasteiger partial charge in [-0.3, -0.25) is 14.4 Å². The maximum Gasteiger partial charge on any atom is 0.245 e. The van der Waals surface area contributed by atoms with Gasteiger partial charge in [0.25, 0.3) is 0 Å². The topological polar surface area (TPSA) is 87.0 Å². The van der Waals surface area contributed by atoms with Crippen LogP contribution in [0.1, 0.15) is 43.2 Å². The smallest absolute Gasteiger partial charge is 0.245 e. The fraction of sp³-hybridized carbons (Fsp3) is 0.500. The number of oxazole rings is 1. The number of aromatic nitrogens is 1. The fourth-order valence-corrected chi connectivity index (χ4v) is 4.39. The van der Waals surface area contributed by atoms with Crippen LogP contribution in [0.4, 0.5) is 0 Å². The first-order chi connectivity index (χ1) is 15.3. The standard InChI is InChI=1S/C24H30N4O4/c1-16-7-4-8-19(13-16)23-25-20(18(3)32-23)14-28-17(2)24(31)27(15-22(28)30)12-6-11-26-10-5-9-21(26)29/h4,7-8,13,17H,5-6,9-12,14-15H2,1-3H3/t17-/m0/s1. The third kappa shape index (κ3) is 4.54. The zero-order valence-corrected chi connectivity index (χ0v) is 19.0. The minimum absolute atomic E-state index is 0.0543. The molecule has 1 aromatic heterocycles. The number of piperazine rings is 1. The number of likely N-dealkylation sites (tertiary alicyclic amines) is 1. The first-order valence-electron chi connectivity index (χ1n) is 11.2. The highest BCUT2D eigenvalue weighted by Gasteiger charge is 2.37. The number of hydrogen-bond acceptors (Lipinski definition) is 5. The van der Waals surface area contributed by atoms with E-state index in [0.717, 1.165) is 24.1 Å². The SMILES string of the molecule is Cc1cccc(-c2nc(CN3C(=O)CN(CCCN4CCCC4=O)C(=O)[C@@H]3C)c(C)o2)c1. The lowest BCUT2D eigenvalue weighted by atomic mass is 10.1. The molecule has 1 aromatic carbocycles. The van der Waals surface area contributed by atoms with Gasteiger partial charge >= 0.3 is 0 Å². The Morgan fingerprint density at radius 2 is 1.88 bits per heavy atom. The zero-order chi connectivity index (χ0) is 22.8. The first-order valence-corrected chi connectivity index (χ1v) is 11.2. The highest BCUT2D eigenvalue weighted by Crippen LogP contribution is 2.25. The molecular formula is C24H30N4O4. The quantitative estimate of drug-likeness (QED) is 0.663. The number of benzene rings is 1. The number of carbonyl (C=O) groups is 3. The molecular weight excluding hydrogens is 408 g/mol. The largest absolute Gasteiger partial charge is 0.441 e. The summed E-state index contributed by atoms with van der Waals surface area (Å²) in [6.45, 7) is 7.79. The molecule has 0 unspecified atom stereocenters. The van der Waals surface area contributed by atoms with Crippen molar-refractivity contribution in [2.24, 2.45) is 0 Å². The molecule has 0 N–H and O–H groups in total. The molecule has 2 fully saturated rings. The number of carbonyl (C=O) groups excluding carboxylic acids is 3. The van der Waals surface area contributed by atoms with Gasteiger partial charge in [-0.25, -0.2) is 4.98 Å². The predicted molar refractivity (Wildman–Crippen MR) is 118 cm³/mol. The van der Waals surface area contributed by atoms with Gasteiger partial charge in [-0.15, -0.1) is 0 Å². The van der Waals surface area contributed by atoms with E-state index in [1.165, 1.54) is 0 Å². The number of amides is 3. The van der Waals surface area contributed by atoms with E-state index in [1.807, 2.05) is 43.0 Å². The molecule has 3 heterocycles. The van der Waals surface area contributed by atoms with Crippen molar-refractivity contribution in [3.8, 4) is 11.5 Å². The molecule has 0 bridgehead atoms. The van der Waals surface area contributed by atoms with E-state index in [0.29, 0.717) is 43.3 Å². The Labute approximate surface area is 188 Å². The van der Waals surface area contributed by atoms with Crippen molar-refractivity contribution in [3.63, 3.8) is 0 Å². The zero-order valence-electron chi connectivity index (χ0n) is 19.0. The van der Waals surface area contributed by atoms with Crippen LogP contribution in [-0.2, 0) is 20.9 Å². The molecule has 2 aromatic rings. The van der Waals surface area contributed by atoms with Crippen LogP contribution in [0.3, 0.4) is 0 Å². The molecule has 0 spiro atoms. The van der Waals surface area contributed by atoms with E-state index >= 15 is 0 Å². The van der Waals surface area contributed by atoms with Gasteiger partial charge in [-0.05, 0) is 45.7 Å². The van der Waals surface area contributed by atoms with E-state index in [2.05, 4.69) is 4.98 Å². The van der Waals surface area contributed by atoms with E-state index in [-0.39, 0.29) is 30.8 Å². The molecule has 0 radical (unpaired) electrons. The van der Waals surface area contributed by atoms with Gasteiger partial charge in [-0.1, -0.05) is 17.7 Å². The van der Waals surface area contributed by atoms with E-state index in [1.54, 1.807) is 16.7 Å². The van der Waals surface area contributed by atoms with Crippen LogP contribution < -0.4 is 0 Å². The number of nitrogens with zero attached hydrogens (tertiary/aromatic N) is 4. The predicted octanol–water partition coefficient (Wildman–Crippen LogP) is 2.53. The van der Waals surface area contributed by atoms with Crippen molar-refractivity contribution in [2.75, 3.05) is 26.2 Å². The maximum atomic E-state index is 12.9. The van der Waals surface area contributed by atoms with Crippen LogP contribution >= 0.6 is 0 Å². The Balaban J connectivity index is 1.39. The molecule has 4 rings (SSSR count). The number of aryl methyl sites for hydroxylation is 2. The minimum atomic E-state index is -0.566. The van der Waals surface area contributed by atoms with Crippen LogP contribution in [0, 0.1) is 13.8 Å². The Kier molecular flexibility index (Phi) is 6.30. The van der Waals surface area contributed by atoms with Gasteiger partial charge in [0.05, 0.1) is 13.1 Å². The van der Waals surface area contributed by atoms with Gasteiger partial charge in [0.2, 0.25) is 23.6 Å². The fourth-order valence-electron chi connectivity index (χ4n) is 4.39. The Bertz CT molecular complexity index is 1030. The second-order valence-electron chi connectivity index (χ2n) is 8.69. The van der Waals surface area contributed by atoms with E-state index in [9.17, 15) is 14.4 Å². The van der Waals surface area contributed by atoms with E-state index < -0.39 is 6.04 Å². The molecule has 170 valence electrons. The van der Waals surface area contributed by atoms with Gasteiger partial charge in [0, 0.05) is 31.6 Å². The average Bonchev–Trinajstić information content (AvgIpc) is 3.34. The lowest BCUT2D eigenvalue weighted by Crippen LogP contribution is -2.58. The lowest BCUT2D eigenvalue weighted by Gasteiger charge is -2.38. The third-order valence-electron chi connectivity index (χ3n) is 6.29. The summed E-state index contributed by atoms with van der Waals surface area (Å²) in [5, 5.41) is 0. The number of rotatable bonds is 7. The van der Waals surface area contributed by atoms with Crippen molar-refractivity contribution in [3.05, 3.63) is 41.3 Å². The van der Waals surface area contributed by atoms with Crippen LogP contribution in [0.15, 0.2) is 28.7 Å². The summed E-state index contributed by atoms with van der Waals surface area (Å²) in [7, 11) is 0. The van der Waals surface area contributed by atoms with Crippen LogP contribution in [-0.4, -0.2) is 69.6 Å². The summed E-state index contributed by atoms with van der Waals surface area (Å²) >= 11 is 0. The minimum Gasteiger partial charge on any atom is -0.441 e. The van der Waals surface area contributed by atoms with Gasteiger partial charge in [0.1, 0.15) is 17.5 Å². The number of hydrogen-bond donors (Lipinski definition) is 0. The van der Waals surface area contributed by atoms with E-state index in [4.69, 9.17) is 4.42 Å². The van der Waals surface area contributed by atoms with Crippen molar-refractivity contribution in [1.82, 2.24) is 19.7 Å².